The molecule has 7 nitrogen and oxygen atoms in total. The summed E-state index contributed by atoms with van der Waals surface area (Å²) in [6.45, 7) is 3.53. The van der Waals surface area contributed by atoms with Crippen LogP contribution in [0.3, 0.4) is 0 Å². The SMILES string of the molecule is Cc1cc(-n2cc(F)cn2)c2cccc(OCc3c(Cl)cc(F)cc3[C@H](C)NC(=O)c3ccccn3)c2n1. The van der Waals surface area contributed by atoms with Crippen LogP contribution in [0.1, 0.15) is 40.3 Å². The fourth-order valence-corrected chi connectivity index (χ4v) is 4.49. The number of aromatic nitrogens is 4. The summed E-state index contributed by atoms with van der Waals surface area (Å²) in [6, 6.07) is 14.1. The fraction of sp³-hybridized carbons (Fsp3) is 0.143. The number of nitrogens with zero attached hydrogens (tertiary/aromatic N) is 4. The van der Waals surface area contributed by atoms with Crippen LogP contribution in [-0.4, -0.2) is 25.7 Å². The summed E-state index contributed by atoms with van der Waals surface area (Å²) in [5.74, 6) is -0.938. The smallest absolute Gasteiger partial charge is 0.270 e. The predicted octanol–water partition coefficient (Wildman–Crippen LogP) is 6.13. The predicted molar refractivity (Wildman–Crippen MR) is 139 cm³/mol. The number of halogens is 3. The van der Waals surface area contributed by atoms with E-state index in [0.717, 1.165) is 6.20 Å². The van der Waals surface area contributed by atoms with E-state index in [9.17, 15) is 13.6 Å². The lowest BCUT2D eigenvalue weighted by molar-refractivity contribution is 0.0934. The lowest BCUT2D eigenvalue weighted by atomic mass is 10.0. The van der Waals surface area contributed by atoms with E-state index in [2.05, 4.69) is 20.4 Å². The first-order valence-corrected chi connectivity index (χ1v) is 12.1. The molecule has 0 unspecified atom stereocenters. The maximum atomic E-state index is 14.4. The lowest BCUT2D eigenvalue weighted by Crippen LogP contribution is -2.28. The second kappa shape index (κ2) is 10.5. The van der Waals surface area contributed by atoms with E-state index >= 15 is 0 Å². The summed E-state index contributed by atoms with van der Waals surface area (Å²) >= 11 is 6.44. The van der Waals surface area contributed by atoms with E-state index in [-0.39, 0.29) is 17.3 Å². The first-order valence-electron chi connectivity index (χ1n) is 11.7. The summed E-state index contributed by atoms with van der Waals surface area (Å²) in [6.07, 6.45) is 3.94. The number of fused-ring (bicyclic) bond motifs is 1. The summed E-state index contributed by atoms with van der Waals surface area (Å²) in [7, 11) is 0. The maximum absolute atomic E-state index is 14.4. The van der Waals surface area contributed by atoms with Crippen LogP contribution in [0.25, 0.3) is 16.6 Å². The Kier molecular flexibility index (Phi) is 7.02. The lowest BCUT2D eigenvalue weighted by Gasteiger charge is -2.20. The molecule has 0 fully saturated rings. The number of benzene rings is 2. The van der Waals surface area contributed by atoms with Crippen LogP contribution in [-0.2, 0) is 6.61 Å². The molecule has 1 amide bonds. The van der Waals surface area contributed by atoms with Crippen molar-refractivity contribution in [2.45, 2.75) is 26.5 Å². The molecule has 192 valence electrons. The van der Waals surface area contributed by atoms with E-state index in [4.69, 9.17) is 16.3 Å². The average Bonchev–Trinajstić information content (AvgIpc) is 3.34. The minimum absolute atomic E-state index is 0.0152. The molecule has 1 N–H and O–H groups in total. The quantitative estimate of drug-likeness (QED) is 0.272. The van der Waals surface area contributed by atoms with Gasteiger partial charge in [0, 0.05) is 22.8 Å². The number of hydrogen-bond donors (Lipinski definition) is 1. The molecule has 0 aliphatic rings. The van der Waals surface area contributed by atoms with Gasteiger partial charge in [-0.15, -0.1) is 0 Å². The molecule has 2 aromatic carbocycles. The number of nitrogens with one attached hydrogen (secondary N) is 1. The van der Waals surface area contributed by atoms with Gasteiger partial charge in [0.2, 0.25) is 0 Å². The number of ether oxygens (including phenoxy) is 1. The molecule has 0 saturated carbocycles. The molecule has 3 heterocycles. The Bertz CT molecular complexity index is 1640. The molecule has 5 aromatic rings. The zero-order valence-corrected chi connectivity index (χ0v) is 21.2. The van der Waals surface area contributed by atoms with Crippen molar-refractivity contribution in [3.8, 4) is 11.4 Å². The minimum Gasteiger partial charge on any atom is -0.487 e. The van der Waals surface area contributed by atoms with Gasteiger partial charge in [0.05, 0.1) is 29.1 Å². The van der Waals surface area contributed by atoms with Crippen LogP contribution in [0.4, 0.5) is 8.78 Å². The first-order chi connectivity index (χ1) is 18.3. The van der Waals surface area contributed by atoms with Gasteiger partial charge in [-0.3, -0.25) is 9.78 Å². The Morgan fingerprint density at radius 2 is 1.97 bits per heavy atom. The third kappa shape index (κ3) is 5.19. The van der Waals surface area contributed by atoms with E-state index < -0.39 is 23.6 Å². The van der Waals surface area contributed by atoms with Gasteiger partial charge in [-0.2, -0.15) is 5.10 Å². The topological polar surface area (TPSA) is 81.9 Å². The molecule has 10 heteroatoms. The molecule has 5 rings (SSSR count). The van der Waals surface area contributed by atoms with Crippen LogP contribution in [0.5, 0.6) is 5.75 Å². The fourth-order valence-electron chi connectivity index (χ4n) is 4.22. The molecule has 1 atom stereocenters. The number of carbonyl (C=O) groups is 1. The van der Waals surface area contributed by atoms with Crippen molar-refractivity contribution in [2.24, 2.45) is 0 Å². The Hall–Kier alpha value is -4.37. The minimum atomic E-state index is -0.592. The monoisotopic (exact) mass is 533 g/mol. The van der Waals surface area contributed by atoms with E-state index in [0.29, 0.717) is 39.2 Å². The number of aryl methyl sites for hydroxylation is 1. The maximum Gasteiger partial charge on any atom is 0.270 e. The van der Waals surface area contributed by atoms with Crippen molar-refractivity contribution in [2.75, 3.05) is 0 Å². The van der Waals surface area contributed by atoms with Crippen LogP contribution in [0.15, 0.2) is 73.2 Å². The Morgan fingerprint density at radius 3 is 2.71 bits per heavy atom. The molecule has 0 saturated heterocycles. The molecule has 0 spiro atoms. The summed E-state index contributed by atoms with van der Waals surface area (Å²) in [5.41, 5.74) is 3.11. The highest BCUT2D eigenvalue weighted by Gasteiger charge is 2.20. The van der Waals surface area contributed by atoms with Crippen LogP contribution in [0, 0.1) is 18.6 Å². The highest BCUT2D eigenvalue weighted by atomic mass is 35.5. The number of rotatable bonds is 7. The van der Waals surface area contributed by atoms with Gasteiger partial charge in [-0.05, 0) is 55.8 Å². The molecular formula is C28H22ClF2N5O2. The van der Waals surface area contributed by atoms with Gasteiger partial charge in [0.25, 0.3) is 5.91 Å². The number of pyridine rings is 2. The highest BCUT2D eigenvalue weighted by molar-refractivity contribution is 6.31. The Labute approximate surface area is 222 Å². The average molecular weight is 534 g/mol. The zero-order valence-electron chi connectivity index (χ0n) is 20.5. The number of carbonyl (C=O) groups excluding carboxylic acids is 1. The second-order valence-corrected chi connectivity index (χ2v) is 9.10. The molecule has 0 aliphatic heterocycles. The van der Waals surface area contributed by atoms with E-state index in [1.54, 1.807) is 43.3 Å². The molecule has 38 heavy (non-hydrogen) atoms. The van der Waals surface area contributed by atoms with Crippen molar-refractivity contribution in [1.82, 2.24) is 25.1 Å². The summed E-state index contributed by atoms with van der Waals surface area (Å²) < 4.78 is 35.6. The second-order valence-electron chi connectivity index (χ2n) is 8.69. The first kappa shape index (κ1) is 25.3. The molecule has 0 aliphatic carbocycles. The van der Waals surface area contributed by atoms with Gasteiger partial charge in [-0.25, -0.2) is 18.4 Å². The number of amides is 1. The van der Waals surface area contributed by atoms with Crippen molar-refractivity contribution in [3.63, 3.8) is 0 Å². The number of hydrogen-bond acceptors (Lipinski definition) is 5. The third-order valence-corrected chi connectivity index (χ3v) is 6.32. The molecule has 0 radical (unpaired) electrons. The van der Waals surface area contributed by atoms with Gasteiger partial charge < -0.3 is 10.1 Å². The standard InChI is InChI=1S/C28H22ClF2N5O2/c1-16-10-25(36-14-19(31)13-33-36)20-6-5-8-26(27(20)34-16)38-15-22-21(11-18(30)12-23(22)29)17(2)35-28(37)24-7-3-4-9-32-24/h3-14,17H,15H2,1-2H3,(H,35,37)/t17-/m0/s1. The van der Waals surface area contributed by atoms with E-state index in [1.165, 1.54) is 29.2 Å². The Morgan fingerprint density at radius 1 is 1.13 bits per heavy atom. The summed E-state index contributed by atoms with van der Waals surface area (Å²) in [5, 5.41) is 7.78. The zero-order chi connectivity index (χ0) is 26.8. The molecule has 3 aromatic heterocycles. The summed E-state index contributed by atoms with van der Waals surface area (Å²) in [4.78, 5) is 21.3. The molecular weight excluding hydrogens is 512 g/mol. The normalized spacial score (nSPS) is 11.9. The highest BCUT2D eigenvalue weighted by Crippen LogP contribution is 2.32. The van der Waals surface area contributed by atoms with Crippen LogP contribution < -0.4 is 10.1 Å². The van der Waals surface area contributed by atoms with Gasteiger partial charge >= 0.3 is 0 Å². The van der Waals surface area contributed by atoms with Crippen molar-refractivity contribution < 1.29 is 18.3 Å². The van der Waals surface area contributed by atoms with Crippen molar-refractivity contribution in [1.29, 1.82) is 0 Å². The van der Waals surface area contributed by atoms with Gasteiger partial charge in [-0.1, -0.05) is 29.8 Å². The van der Waals surface area contributed by atoms with Crippen LogP contribution in [0.2, 0.25) is 5.02 Å². The van der Waals surface area contributed by atoms with Crippen molar-refractivity contribution >= 4 is 28.4 Å². The van der Waals surface area contributed by atoms with Crippen molar-refractivity contribution in [3.05, 3.63) is 112 Å². The Balaban J connectivity index is 1.46. The molecule has 0 bridgehead atoms. The largest absolute Gasteiger partial charge is 0.487 e. The van der Waals surface area contributed by atoms with Gasteiger partial charge in [0.1, 0.15) is 29.4 Å². The van der Waals surface area contributed by atoms with Gasteiger partial charge in [0.15, 0.2) is 5.82 Å². The van der Waals surface area contributed by atoms with E-state index in [1.807, 2.05) is 13.0 Å². The third-order valence-electron chi connectivity index (χ3n) is 5.99. The number of para-hydroxylation sites is 1. The van der Waals surface area contributed by atoms with Crippen LogP contribution >= 0.6 is 11.6 Å².